The first kappa shape index (κ1) is 15.1. The van der Waals surface area contributed by atoms with Crippen molar-refractivity contribution in [1.29, 1.82) is 0 Å². The number of carbonyl (C=O) groups excluding carboxylic acids is 1. The Kier molecular flexibility index (Phi) is 4.75. The topological polar surface area (TPSA) is 52.6 Å². The monoisotopic (exact) mass is 316 g/mol. The molecule has 0 atom stereocenters. The fourth-order valence-corrected chi connectivity index (χ4v) is 3.44. The van der Waals surface area contributed by atoms with Gasteiger partial charge in [-0.3, -0.25) is 4.79 Å². The minimum atomic E-state index is -0.0704. The fourth-order valence-electron chi connectivity index (χ4n) is 2.80. The van der Waals surface area contributed by atoms with Gasteiger partial charge in [0.25, 0.3) is 5.91 Å². The van der Waals surface area contributed by atoms with Crippen molar-refractivity contribution < 1.29 is 9.90 Å². The number of nitrogens with one attached hydrogen (secondary N) is 1. The summed E-state index contributed by atoms with van der Waals surface area (Å²) in [5.41, 5.74) is 2.60. The van der Waals surface area contributed by atoms with E-state index >= 15 is 0 Å². The maximum absolute atomic E-state index is 12.3. The van der Waals surface area contributed by atoms with Crippen molar-refractivity contribution in [1.82, 2.24) is 0 Å². The molecule has 0 bridgehead atoms. The highest BCUT2D eigenvalue weighted by molar-refractivity contribution is 7.08. The minimum absolute atomic E-state index is 0.0704. The Labute approximate surface area is 134 Å². The zero-order chi connectivity index (χ0) is 15.4. The van der Waals surface area contributed by atoms with E-state index in [-0.39, 0.29) is 12.5 Å². The molecule has 1 aliphatic rings. The number of benzene rings is 1. The summed E-state index contributed by atoms with van der Waals surface area (Å²) in [6.45, 7) is 2.09. The molecule has 0 radical (unpaired) electrons. The van der Waals surface area contributed by atoms with E-state index in [9.17, 15) is 9.90 Å². The van der Waals surface area contributed by atoms with E-state index in [1.165, 1.54) is 11.3 Å². The summed E-state index contributed by atoms with van der Waals surface area (Å²) in [5.74, 6) is 0.336. The Hall–Kier alpha value is -1.85. The van der Waals surface area contributed by atoms with Crippen LogP contribution in [-0.2, 0) is 0 Å². The van der Waals surface area contributed by atoms with Crippen LogP contribution in [0.5, 0.6) is 0 Å². The van der Waals surface area contributed by atoms with Crippen LogP contribution in [0.25, 0.3) is 0 Å². The van der Waals surface area contributed by atoms with E-state index in [2.05, 4.69) is 10.2 Å². The highest BCUT2D eigenvalue weighted by Crippen LogP contribution is 2.30. The number of piperidine rings is 1. The number of carbonyl (C=O) groups is 1. The third kappa shape index (κ3) is 3.31. The fraction of sp³-hybridized carbons (Fsp3) is 0.353. The minimum Gasteiger partial charge on any atom is -0.396 e. The summed E-state index contributed by atoms with van der Waals surface area (Å²) < 4.78 is 0. The van der Waals surface area contributed by atoms with Crippen LogP contribution < -0.4 is 10.2 Å². The van der Waals surface area contributed by atoms with Crippen LogP contribution in [-0.4, -0.2) is 30.7 Å². The molecular weight excluding hydrogens is 296 g/mol. The normalized spacial score (nSPS) is 15.8. The Balaban J connectivity index is 1.74. The molecule has 4 nitrogen and oxygen atoms in total. The first-order chi connectivity index (χ1) is 10.8. The second-order valence-corrected chi connectivity index (χ2v) is 6.38. The molecule has 5 heteroatoms. The van der Waals surface area contributed by atoms with Crippen LogP contribution in [0.15, 0.2) is 41.1 Å². The molecule has 1 aromatic carbocycles. The molecule has 2 aromatic rings. The molecule has 1 amide bonds. The largest absolute Gasteiger partial charge is 0.396 e. The van der Waals surface area contributed by atoms with E-state index in [1.807, 2.05) is 41.1 Å². The van der Waals surface area contributed by atoms with Gasteiger partial charge in [0, 0.05) is 25.1 Å². The van der Waals surface area contributed by atoms with Crippen LogP contribution in [0.1, 0.15) is 23.2 Å². The molecule has 3 rings (SSSR count). The first-order valence-corrected chi connectivity index (χ1v) is 8.50. The molecule has 0 saturated carbocycles. The van der Waals surface area contributed by atoms with Gasteiger partial charge in [-0.25, -0.2) is 0 Å². The lowest BCUT2D eigenvalue weighted by Gasteiger charge is -2.34. The van der Waals surface area contributed by atoms with Gasteiger partial charge in [-0.1, -0.05) is 12.1 Å². The van der Waals surface area contributed by atoms with Crippen molar-refractivity contribution >= 4 is 28.6 Å². The van der Waals surface area contributed by atoms with Crippen molar-refractivity contribution in [2.24, 2.45) is 5.92 Å². The molecule has 22 heavy (non-hydrogen) atoms. The maximum atomic E-state index is 12.3. The Morgan fingerprint density at radius 2 is 2.05 bits per heavy atom. The lowest BCUT2D eigenvalue weighted by molar-refractivity contribution is 0.102. The van der Waals surface area contributed by atoms with Crippen molar-refractivity contribution in [3.63, 3.8) is 0 Å². The van der Waals surface area contributed by atoms with Gasteiger partial charge in [0.05, 0.1) is 16.9 Å². The second kappa shape index (κ2) is 6.94. The summed E-state index contributed by atoms with van der Waals surface area (Å²) in [4.78, 5) is 14.5. The van der Waals surface area contributed by atoms with Gasteiger partial charge in [0.1, 0.15) is 0 Å². The van der Waals surface area contributed by atoms with Crippen molar-refractivity contribution in [2.75, 3.05) is 29.9 Å². The number of amides is 1. The van der Waals surface area contributed by atoms with E-state index in [0.29, 0.717) is 11.5 Å². The van der Waals surface area contributed by atoms with Gasteiger partial charge >= 0.3 is 0 Å². The number of hydrogen-bond donors (Lipinski definition) is 2. The first-order valence-electron chi connectivity index (χ1n) is 7.56. The smallest absolute Gasteiger partial charge is 0.256 e. The Bertz CT molecular complexity index is 619. The number of hydrogen-bond acceptors (Lipinski definition) is 4. The molecular formula is C17H20N2O2S. The van der Waals surface area contributed by atoms with Crippen molar-refractivity contribution in [3.05, 3.63) is 46.7 Å². The predicted molar refractivity (Wildman–Crippen MR) is 90.7 cm³/mol. The maximum Gasteiger partial charge on any atom is 0.256 e. The van der Waals surface area contributed by atoms with Gasteiger partial charge in [0.2, 0.25) is 0 Å². The summed E-state index contributed by atoms with van der Waals surface area (Å²) in [5, 5.41) is 16.0. The summed E-state index contributed by atoms with van der Waals surface area (Å²) in [7, 11) is 0. The van der Waals surface area contributed by atoms with Gasteiger partial charge in [-0.2, -0.15) is 11.3 Å². The highest BCUT2D eigenvalue weighted by atomic mass is 32.1. The number of nitrogens with zero attached hydrogens (tertiary/aromatic N) is 1. The highest BCUT2D eigenvalue weighted by Gasteiger charge is 2.21. The van der Waals surface area contributed by atoms with E-state index in [4.69, 9.17) is 0 Å². The zero-order valence-electron chi connectivity index (χ0n) is 12.4. The van der Waals surface area contributed by atoms with Crippen LogP contribution in [0.2, 0.25) is 0 Å². The van der Waals surface area contributed by atoms with Crippen molar-refractivity contribution in [3.8, 4) is 0 Å². The van der Waals surface area contributed by atoms with Crippen LogP contribution >= 0.6 is 11.3 Å². The van der Waals surface area contributed by atoms with Gasteiger partial charge in [0.15, 0.2) is 0 Å². The molecule has 2 N–H and O–H groups in total. The number of rotatable bonds is 4. The molecule has 1 saturated heterocycles. The average Bonchev–Trinajstić information content (AvgIpc) is 3.10. The lowest BCUT2D eigenvalue weighted by Crippen LogP contribution is -2.35. The number of aliphatic hydroxyl groups is 1. The van der Waals surface area contributed by atoms with Gasteiger partial charge < -0.3 is 15.3 Å². The summed E-state index contributed by atoms with van der Waals surface area (Å²) >= 11 is 1.52. The van der Waals surface area contributed by atoms with Crippen LogP contribution in [0.4, 0.5) is 11.4 Å². The number of para-hydroxylation sites is 2. The second-order valence-electron chi connectivity index (χ2n) is 5.60. The number of thiophene rings is 1. The Morgan fingerprint density at radius 3 is 2.73 bits per heavy atom. The lowest BCUT2D eigenvalue weighted by atomic mass is 9.97. The predicted octanol–water partition coefficient (Wildman–Crippen LogP) is 3.21. The Morgan fingerprint density at radius 1 is 1.27 bits per heavy atom. The summed E-state index contributed by atoms with van der Waals surface area (Å²) in [6.07, 6.45) is 1.98. The molecule has 1 aromatic heterocycles. The molecule has 0 aliphatic carbocycles. The SMILES string of the molecule is O=C(Nc1ccccc1N1CCC(CO)CC1)c1ccsc1. The average molecular weight is 316 g/mol. The number of anilines is 2. The standard InChI is InChI=1S/C17H20N2O2S/c20-11-13-5-8-19(9-6-13)16-4-2-1-3-15(16)18-17(21)14-7-10-22-12-14/h1-4,7,10,12-13,20H,5-6,8-9,11H2,(H,18,21). The zero-order valence-corrected chi connectivity index (χ0v) is 13.2. The molecule has 1 aliphatic heterocycles. The quantitative estimate of drug-likeness (QED) is 0.910. The van der Waals surface area contributed by atoms with E-state index in [1.54, 1.807) is 0 Å². The van der Waals surface area contributed by atoms with E-state index < -0.39 is 0 Å². The van der Waals surface area contributed by atoms with Crippen molar-refractivity contribution in [2.45, 2.75) is 12.8 Å². The van der Waals surface area contributed by atoms with Gasteiger partial charge in [-0.15, -0.1) is 0 Å². The molecule has 2 heterocycles. The molecule has 1 fully saturated rings. The molecule has 0 spiro atoms. The number of aliphatic hydroxyl groups excluding tert-OH is 1. The molecule has 116 valence electrons. The van der Waals surface area contributed by atoms with Crippen LogP contribution in [0, 0.1) is 5.92 Å². The van der Waals surface area contributed by atoms with Crippen LogP contribution in [0.3, 0.4) is 0 Å². The third-order valence-electron chi connectivity index (χ3n) is 4.15. The molecule has 0 unspecified atom stereocenters. The van der Waals surface area contributed by atoms with E-state index in [0.717, 1.165) is 37.3 Å². The van der Waals surface area contributed by atoms with Gasteiger partial charge in [-0.05, 0) is 42.3 Å². The summed E-state index contributed by atoms with van der Waals surface area (Å²) in [6, 6.07) is 9.75. The third-order valence-corrected chi connectivity index (χ3v) is 4.83.